The summed E-state index contributed by atoms with van der Waals surface area (Å²) in [6.07, 6.45) is 5.10. The van der Waals surface area contributed by atoms with Crippen molar-refractivity contribution in [3.05, 3.63) is 23.3 Å². The molecule has 0 aliphatic carbocycles. The van der Waals surface area contributed by atoms with Crippen LogP contribution in [0.25, 0.3) is 0 Å². The monoisotopic (exact) mass is 256 g/mol. The summed E-state index contributed by atoms with van der Waals surface area (Å²) in [6, 6.07) is 0. The van der Waals surface area contributed by atoms with Gasteiger partial charge in [-0.25, -0.2) is 0 Å². The molecule has 0 saturated carbocycles. The minimum atomic E-state index is 0.0351. The van der Waals surface area contributed by atoms with E-state index in [9.17, 15) is 5.11 Å². The Kier molecular flexibility index (Phi) is 8.98. The molecule has 106 valence electrons. The smallest absolute Gasteiger partial charge is 0.0678 e. The zero-order valence-corrected chi connectivity index (χ0v) is 12.3. The Bertz CT molecular complexity index is 281. The first-order valence-corrected chi connectivity index (χ1v) is 6.53. The predicted octanol–water partition coefficient (Wildman–Crippen LogP) is 2.54. The van der Waals surface area contributed by atoms with Crippen LogP contribution in [0.15, 0.2) is 23.3 Å². The standard InChI is InChI=1S/C15H28O3/c1-11(6-7-12(2)9-16)8-13(3)15(18-5)14(4)10-17/h7-8,13-17H,6,9-10H2,1-5H3/b11-8+,12-7+/t13-,14-,15+/m0/s1. The van der Waals surface area contributed by atoms with Gasteiger partial charge in [0.15, 0.2) is 0 Å². The Morgan fingerprint density at radius 3 is 2.22 bits per heavy atom. The van der Waals surface area contributed by atoms with Gasteiger partial charge in [0.2, 0.25) is 0 Å². The highest BCUT2D eigenvalue weighted by Crippen LogP contribution is 2.19. The number of rotatable bonds is 8. The van der Waals surface area contributed by atoms with Crippen LogP contribution >= 0.6 is 0 Å². The zero-order chi connectivity index (χ0) is 14.1. The van der Waals surface area contributed by atoms with E-state index in [1.807, 2.05) is 19.9 Å². The van der Waals surface area contributed by atoms with Crippen LogP contribution in [-0.4, -0.2) is 36.6 Å². The van der Waals surface area contributed by atoms with Crippen molar-refractivity contribution in [1.29, 1.82) is 0 Å². The zero-order valence-electron chi connectivity index (χ0n) is 12.3. The van der Waals surface area contributed by atoms with Crippen molar-refractivity contribution in [3.63, 3.8) is 0 Å². The van der Waals surface area contributed by atoms with Gasteiger partial charge in [-0.15, -0.1) is 0 Å². The number of methoxy groups -OCH3 is 1. The maximum Gasteiger partial charge on any atom is 0.0678 e. The van der Waals surface area contributed by atoms with E-state index in [4.69, 9.17) is 9.84 Å². The van der Waals surface area contributed by atoms with Gasteiger partial charge in [0.05, 0.1) is 12.7 Å². The fourth-order valence-electron chi connectivity index (χ4n) is 2.08. The Balaban J connectivity index is 4.53. The molecular formula is C15H28O3. The summed E-state index contributed by atoms with van der Waals surface area (Å²) in [6.45, 7) is 8.34. The van der Waals surface area contributed by atoms with E-state index >= 15 is 0 Å². The molecule has 0 unspecified atom stereocenters. The summed E-state index contributed by atoms with van der Waals surface area (Å²) in [7, 11) is 1.69. The molecule has 0 radical (unpaired) electrons. The molecule has 0 bridgehead atoms. The molecule has 2 N–H and O–H groups in total. The van der Waals surface area contributed by atoms with E-state index in [0.29, 0.717) is 0 Å². The molecule has 3 nitrogen and oxygen atoms in total. The average Bonchev–Trinajstić information content (AvgIpc) is 2.36. The second-order valence-corrected chi connectivity index (χ2v) is 5.15. The molecule has 0 saturated heterocycles. The topological polar surface area (TPSA) is 49.7 Å². The molecule has 0 aliphatic heterocycles. The SMILES string of the molecule is CO[C@H]([C@@H](C)/C=C(\C)C/C=C(\C)CO)[C@@H](C)CO. The number of ether oxygens (including phenoxy) is 1. The summed E-state index contributed by atoms with van der Waals surface area (Å²) in [5.41, 5.74) is 2.24. The van der Waals surface area contributed by atoms with Crippen molar-refractivity contribution in [2.75, 3.05) is 20.3 Å². The number of hydrogen-bond acceptors (Lipinski definition) is 3. The van der Waals surface area contributed by atoms with E-state index in [1.54, 1.807) is 7.11 Å². The number of hydrogen-bond donors (Lipinski definition) is 2. The first-order valence-electron chi connectivity index (χ1n) is 6.53. The summed E-state index contributed by atoms with van der Waals surface area (Å²) in [5.74, 6) is 0.392. The van der Waals surface area contributed by atoms with Crippen LogP contribution < -0.4 is 0 Å². The maximum atomic E-state index is 9.19. The lowest BCUT2D eigenvalue weighted by Gasteiger charge is -2.25. The van der Waals surface area contributed by atoms with Gasteiger partial charge >= 0.3 is 0 Å². The third-order valence-corrected chi connectivity index (χ3v) is 3.21. The Hall–Kier alpha value is -0.640. The third kappa shape index (κ3) is 6.34. The van der Waals surface area contributed by atoms with E-state index in [0.717, 1.165) is 12.0 Å². The van der Waals surface area contributed by atoms with Crippen LogP contribution in [0.2, 0.25) is 0 Å². The molecule has 3 heteroatoms. The minimum absolute atomic E-state index is 0.0351. The molecule has 0 aliphatic rings. The molecular weight excluding hydrogens is 228 g/mol. The molecule has 0 aromatic carbocycles. The largest absolute Gasteiger partial charge is 0.396 e. The van der Waals surface area contributed by atoms with Crippen LogP contribution in [-0.2, 0) is 4.74 Å². The minimum Gasteiger partial charge on any atom is -0.396 e. The van der Waals surface area contributed by atoms with Crippen molar-refractivity contribution in [2.24, 2.45) is 11.8 Å². The Morgan fingerprint density at radius 2 is 1.78 bits per heavy atom. The quantitative estimate of drug-likeness (QED) is 0.656. The van der Waals surface area contributed by atoms with E-state index < -0.39 is 0 Å². The van der Waals surface area contributed by atoms with Crippen LogP contribution in [0.4, 0.5) is 0 Å². The number of allylic oxidation sites excluding steroid dienone is 2. The highest BCUT2D eigenvalue weighted by Gasteiger charge is 2.21. The second kappa shape index (κ2) is 9.31. The van der Waals surface area contributed by atoms with Gasteiger partial charge in [0.1, 0.15) is 0 Å². The fraction of sp³-hybridized carbons (Fsp3) is 0.733. The summed E-state index contributed by atoms with van der Waals surface area (Å²) in [4.78, 5) is 0. The van der Waals surface area contributed by atoms with Gasteiger partial charge in [-0.05, 0) is 20.3 Å². The van der Waals surface area contributed by atoms with Crippen molar-refractivity contribution in [3.8, 4) is 0 Å². The van der Waals surface area contributed by atoms with Gasteiger partial charge in [0, 0.05) is 25.6 Å². The van der Waals surface area contributed by atoms with Gasteiger partial charge in [-0.3, -0.25) is 0 Å². The molecule has 0 fully saturated rings. The molecule has 0 amide bonds. The molecule has 0 spiro atoms. The Labute approximate surface area is 111 Å². The second-order valence-electron chi connectivity index (χ2n) is 5.15. The highest BCUT2D eigenvalue weighted by molar-refractivity contribution is 5.10. The highest BCUT2D eigenvalue weighted by atomic mass is 16.5. The van der Waals surface area contributed by atoms with Gasteiger partial charge in [-0.1, -0.05) is 37.1 Å². The lowest BCUT2D eigenvalue weighted by atomic mass is 9.91. The first kappa shape index (κ1) is 17.4. The molecule has 0 aromatic rings. The average molecular weight is 256 g/mol. The van der Waals surface area contributed by atoms with E-state index in [-0.39, 0.29) is 31.2 Å². The lowest BCUT2D eigenvalue weighted by molar-refractivity contribution is 0.0104. The summed E-state index contributed by atoms with van der Waals surface area (Å²) in [5, 5.41) is 18.1. The molecule has 18 heavy (non-hydrogen) atoms. The first-order chi connectivity index (χ1) is 8.46. The van der Waals surface area contributed by atoms with Crippen LogP contribution in [0.5, 0.6) is 0 Å². The van der Waals surface area contributed by atoms with Gasteiger partial charge in [-0.2, -0.15) is 0 Å². The van der Waals surface area contributed by atoms with Crippen molar-refractivity contribution in [2.45, 2.75) is 40.2 Å². The molecule has 3 atom stereocenters. The number of aliphatic hydroxyl groups excluding tert-OH is 2. The Morgan fingerprint density at radius 1 is 1.17 bits per heavy atom. The third-order valence-electron chi connectivity index (χ3n) is 3.21. The summed E-state index contributed by atoms with van der Waals surface area (Å²) < 4.78 is 5.45. The van der Waals surface area contributed by atoms with Crippen molar-refractivity contribution in [1.82, 2.24) is 0 Å². The van der Waals surface area contributed by atoms with E-state index in [2.05, 4.69) is 19.9 Å². The molecule has 0 aromatic heterocycles. The number of aliphatic hydroxyl groups is 2. The predicted molar refractivity (Wildman–Crippen MR) is 75.4 cm³/mol. The maximum absolute atomic E-state index is 9.19. The van der Waals surface area contributed by atoms with Crippen LogP contribution in [0.1, 0.15) is 34.1 Å². The fourth-order valence-corrected chi connectivity index (χ4v) is 2.08. The van der Waals surface area contributed by atoms with E-state index in [1.165, 1.54) is 5.57 Å². The molecule has 0 rings (SSSR count). The van der Waals surface area contributed by atoms with Gasteiger partial charge < -0.3 is 14.9 Å². The summed E-state index contributed by atoms with van der Waals surface area (Å²) >= 11 is 0. The van der Waals surface area contributed by atoms with Gasteiger partial charge in [0.25, 0.3) is 0 Å². The van der Waals surface area contributed by atoms with Crippen molar-refractivity contribution >= 4 is 0 Å². The normalized spacial score (nSPS) is 18.6. The lowest BCUT2D eigenvalue weighted by Crippen LogP contribution is -2.29. The van der Waals surface area contributed by atoms with Crippen molar-refractivity contribution < 1.29 is 14.9 Å². The van der Waals surface area contributed by atoms with Crippen LogP contribution in [0, 0.1) is 11.8 Å². The molecule has 0 heterocycles. The van der Waals surface area contributed by atoms with Crippen LogP contribution in [0.3, 0.4) is 0 Å².